The summed E-state index contributed by atoms with van der Waals surface area (Å²) in [4.78, 5) is 2.32. The lowest BCUT2D eigenvalue weighted by Gasteiger charge is -2.41. The smallest absolute Gasteiger partial charge is 0.120 e. The van der Waals surface area contributed by atoms with Crippen LogP contribution in [0, 0.1) is 17.2 Å². The van der Waals surface area contributed by atoms with Gasteiger partial charge in [-0.2, -0.15) is 5.26 Å². The van der Waals surface area contributed by atoms with E-state index in [-0.39, 0.29) is 18.4 Å². The normalized spacial score (nSPS) is 28.4. The van der Waals surface area contributed by atoms with Gasteiger partial charge in [0.25, 0.3) is 0 Å². The van der Waals surface area contributed by atoms with Crippen LogP contribution in [0.1, 0.15) is 13.3 Å². The monoisotopic (exact) mass is 311 g/mol. The van der Waals surface area contributed by atoms with Crippen molar-refractivity contribution >= 4 is 24.5 Å². The molecule has 2 atom stereocenters. The Labute approximate surface area is 129 Å². The van der Waals surface area contributed by atoms with Crippen LogP contribution in [-0.2, 0) is 0 Å². The highest BCUT2D eigenvalue weighted by atomic mass is 35.5. The van der Waals surface area contributed by atoms with Crippen molar-refractivity contribution in [1.82, 2.24) is 13.9 Å². The van der Waals surface area contributed by atoms with Gasteiger partial charge in [-0.3, -0.25) is 0 Å². The molecule has 0 unspecified atom stereocenters. The number of nitrogens with one attached hydrogen (secondary N) is 1. The Morgan fingerprint density at radius 3 is 2.95 bits per heavy atom. The van der Waals surface area contributed by atoms with Gasteiger partial charge in [0.15, 0.2) is 0 Å². The highest BCUT2D eigenvalue weighted by Gasteiger charge is 2.32. The van der Waals surface area contributed by atoms with Gasteiger partial charge in [0.1, 0.15) is 11.9 Å². The Bertz CT molecular complexity index is 511. The van der Waals surface area contributed by atoms with E-state index in [9.17, 15) is 0 Å². The number of likely N-dealkylation sites (tertiary alicyclic amines) is 1. The molecule has 20 heavy (non-hydrogen) atoms. The molecule has 3 rings (SSSR count). The van der Waals surface area contributed by atoms with Crippen molar-refractivity contribution in [3.8, 4) is 6.07 Å². The Kier molecular flexibility index (Phi) is 4.53. The summed E-state index contributed by atoms with van der Waals surface area (Å²) in [7, 11) is 0. The molecule has 3 N–H and O–H groups in total. The average molecular weight is 312 g/mol. The van der Waals surface area contributed by atoms with Crippen LogP contribution >= 0.6 is 24.5 Å². The largest absolute Gasteiger partial charge is 0.355 e. The number of nitrogens with zero attached hydrogens (tertiary/aromatic N) is 3. The quantitative estimate of drug-likeness (QED) is 0.718. The molecule has 3 heterocycles. The molecule has 0 aromatic carbocycles. The third-order valence-corrected chi connectivity index (χ3v) is 4.37. The van der Waals surface area contributed by atoms with Gasteiger partial charge in [-0.1, -0.05) is 6.92 Å². The number of halogens is 1. The minimum atomic E-state index is 0. The van der Waals surface area contributed by atoms with E-state index in [1.807, 2.05) is 18.4 Å². The summed E-state index contributed by atoms with van der Waals surface area (Å²) in [6.07, 6.45) is 6.86. The van der Waals surface area contributed by atoms with Gasteiger partial charge in [-0.25, -0.2) is 4.31 Å². The van der Waals surface area contributed by atoms with E-state index in [0.717, 1.165) is 31.0 Å². The first-order chi connectivity index (χ1) is 9.19. The second-order valence-electron chi connectivity index (χ2n) is 5.26. The molecule has 0 saturated carbocycles. The maximum absolute atomic E-state index is 9.13. The molecule has 0 bridgehead atoms. The summed E-state index contributed by atoms with van der Waals surface area (Å²) < 4.78 is 5.18. The summed E-state index contributed by atoms with van der Waals surface area (Å²) in [5.74, 6) is 1.71. The highest BCUT2D eigenvalue weighted by Crippen LogP contribution is 2.37. The number of allylic oxidation sites excluding steroid dienone is 3. The van der Waals surface area contributed by atoms with Crippen LogP contribution in [0.25, 0.3) is 0 Å². The first-order valence-electron chi connectivity index (χ1n) is 6.45. The lowest BCUT2D eigenvalue weighted by molar-refractivity contribution is 0.184. The first-order valence-corrected chi connectivity index (χ1v) is 7.22. The highest BCUT2D eigenvalue weighted by molar-refractivity contribution is 7.95. The number of hydrogen-bond donors (Lipinski definition) is 2. The minimum Gasteiger partial charge on any atom is -0.355 e. The molecule has 0 aromatic heterocycles. The van der Waals surface area contributed by atoms with Crippen LogP contribution in [0.4, 0.5) is 0 Å². The van der Waals surface area contributed by atoms with Crippen molar-refractivity contribution in [2.75, 3.05) is 13.1 Å². The molecule has 0 aliphatic carbocycles. The maximum atomic E-state index is 9.13. The molecule has 1 fully saturated rings. The van der Waals surface area contributed by atoms with Gasteiger partial charge in [0.2, 0.25) is 0 Å². The van der Waals surface area contributed by atoms with Crippen molar-refractivity contribution in [3.63, 3.8) is 0 Å². The van der Waals surface area contributed by atoms with E-state index in [4.69, 9.17) is 11.0 Å². The second kappa shape index (κ2) is 6.00. The van der Waals surface area contributed by atoms with Gasteiger partial charge < -0.3 is 15.4 Å². The molecule has 0 spiro atoms. The number of nitriles is 1. The van der Waals surface area contributed by atoms with Crippen molar-refractivity contribution in [1.29, 1.82) is 5.26 Å². The number of hydrogen-bond acceptors (Lipinski definition) is 6. The molecule has 0 aromatic rings. The van der Waals surface area contributed by atoms with Crippen LogP contribution in [-0.4, -0.2) is 28.3 Å². The Morgan fingerprint density at radius 1 is 1.45 bits per heavy atom. The van der Waals surface area contributed by atoms with Gasteiger partial charge in [-0.05, 0) is 24.5 Å². The van der Waals surface area contributed by atoms with Gasteiger partial charge in [0, 0.05) is 25.3 Å². The molecule has 0 amide bonds. The van der Waals surface area contributed by atoms with Crippen LogP contribution < -0.4 is 10.5 Å². The van der Waals surface area contributed by atoms with E-state index >= 15 is 0 Å². The molecular weight excluding hydrogens is 294 g/mol. The summed E-state index contributed by atoms with van der Waals surface area (Å²) in [5.41, 5.74) is 7.74. The molecule has 7 heteroatoms. The van der Waals surface area contributed by atoms with E-state index in [1.165, 1.54) is 12.1 Å². The van der Waals surface area contributed by atoms with E-state index in [0.29, 0.717) is 11.5 Å². The second-order valence-corrected chi connectivity index (χ2v) is 6.04. The fourth-order valence-corrected chi connectivity index (χ4v) is 3.62. The minimum absolute atomic E-state index is 0. The molecule has 0 radical (unpaired) electrons. The molecule has 3 aliphatic heterocycles. The summed E-state index contributed by atoms with van der Waals surface area (Å²) in [6, 6.07) is 2.45. The third-order valence-electron chi connectivity index (χ3n) is 3.58. The number of rotatable bonds is 1. The Hall–Kier alpha value is -1.29. The van der Waals surface area contributed by atoms with E-state index < -0.39 is 0 Å². The third kappa shape index (κ3) is 2.62. The Morgan fingerprint density at radius 2 is 2.25 bits per heavy atom. The zero-order valence-corrected chi connectivity index (χ0v) is 12.9. The fraction of sp³-hybridized carbons (Fsp3) is 0.462. The zero-order valence-electron chi connectivity index (χ0n) is 11.2. The average Bonchev–Trinajstić information content (AvgIpc) is 2.85. The summed E-state index contributed by atoms with van der Waals surface area (Å²) in [6.45, 7) is 4.12. The SMILES string of the molecule is C[C@H]1C[C@@H](N)CN(C2=CC=C(C#N)C3=CNSN32)C1.Cl. The van der Waals surface area contributed by atoms with Crippen molar-refractivity contribution < 1.29 is 0 Å². The molecular formula is C13H18ClN5S. The summed E-state index contributed by atoms with van der Waals surface area (Å²) >= 11 is 1.50. The van der Waals surface area contributed by atoms with Crippen molar-refractivity contribution in [2.24, 2.45) is 11.7 Å². The van der Waals surface area contributed by atoms with Crippen LogP contribution in [0.3, 0.4) is 0 Å². The number of nitrogens with two attached hydrogens (primary N) is 1. The van der Waals surface area contributed by atoms with Crippen LogP contribution in [0.15, 0.2) is 35.4 Å². The molecule has 5 nitrogen and oxygen atoms in total. The predicted octanol–water partition coefficient (Wildman–Crippen LogP) is 1.69. The fourth-order valence-electron chi connectivity index (χ4n) is 2.83. The standard InChI is InChI=1S/C13H17N5S.ClH/c1-9-4-11(15)8-17(7-9)13-3-2-10(5-14)12-6-16-19-18(12)13;/h2-3,6,9,11,16H,4,7-8,15H2,1H3;1H/t9-,11+;/m0./s1. The van der Waals surface area contributed by atoms with Gasteiger partial charge in [-0.15, -0.1) is 12.4 Å². The maximum Gasteiger partial charge on any atom is 0.120 e. The topological polar surface area (TPSA) is 68.3 Å². The first kappa shape index (κ1) is 15.1. The van der Waals surface area contributed by atoms with Crippen LogP contribution in [0.2, 0.25) is 0 Å². The van der Waals surface area contributed by atoms with Crippen molar-refractivity contribution in [2.45, 2.75) is 19.4 Å². The Balaban J connectivity index is 0.00000147. The van der Waals surface area contributed by atoms with Crippen LogP contribution in [0.5, 0.6) is 0 Å². The predicted molar refractivity (Wildman–Crippen MR) is 83.0 cm³/mol. The van der Waals surface area contributed by atoms with E-state index in [2.05, 4.69) is 26.9 Å². The van der Waals surface area contributed by atoms with E-state index in [1.54, 1.807) is 0 Å². The lowest BCUT2D eigenvalue weighted by atomic mass is 9.96. The van der Waals surface area contributed by atoms with Gasteiger partial charge >= 0.3 is 0 Å². The summed E-state index contributed by atoms with van der Waals surface area (Å²) in [5, 5.41) is 9.13. The number of piperidine rings is 1. The molecule has 1 saturated heterocycles. The van der Waals surface area contributed by atoms with Gasteiger partial charge in [0.05, 0.1) is 23.4 Å². The zero-order chi connectivity index (χ0) is 13.4. The van der Waals surface area contributed by atoms with Crippen molar-refractivity contribution in [3.05, 3.63) is 35.4 Å². The number of fused-ring (bicyclic) bond motifs is 1. The lowest BCUT2D eigenvalue weighted by Crippen LogP contribution is -2.48. The molecule has 108 valence electrons. The molecule has 3 aliphatic rings.